The third kappa shape index (κ3) is 16.1. The third-order valence-corrected chi connectivity index (χ3v) is 28.5. The number of carbonyl (C=O) groups is 3. The Labute approximate surface area is 609 Å². The second kappa shape index (κ2) is 29.7. The van der Waals surface area contributed by atoms with Gasteiger partial charge in [0.1, 0.15) is 69.9 Å². The molecule has 0 saturated heterocycles. The molecule has 0 saturated carbocycles. The van der Waals surface area contributed by atoms with Crippen molar-refractivity contribution < 1.29 is 56.6 Å². The number of rotatable bonds is 18. The van der Waals surface area contributed by atoms with Crippen LogP contribution in [0.1, 0.15) is 62.4 Å². The number of thiophene rings is 3. The molecule has 0 aliphatic carbocycles. The Hall–Kier alpha value is -10.1. The summed E-state index contributed by atoms with van der Waals surface area (Å²) in [4.78, 5) is 52.0. The summed E-state index contributed by atoms with van der Waals surface area (Å²) in [5.74, 6) is -0.848. The highest BCUT2D eigenvalue weighted by Gasteiger charge is 2.29. The van der Waals surface area contributed by atoms with Gasteiger partial charge in [0, 0.05) is 108 Å². The van der Waals surface area contributed by atoms with Crippen LogP contribution in [0.2, 0.25) is 5.02 Å². The zero-order chi connectivity index (χ0) is 72.5. The van der Waals surface area contributed by atoms with Gasteiger partial charge in [-0.15, -0.1) is 34.0 Å². The normalized spacial score (nSPS) is 13.1. The molecule has 15 nitrogen and oxygen atoms in total. The maximum absolute atomic E-state index is 13.7. The number of benzene rings is 6. The first kappa shape index (κ1) is 71.3. The predicted molar refractivity (Wildman–Crippen MR) is 418 cm³/mol. The van der Waals surface area contributed by atoms with Gasteiger partial charge >= 0.3 is 17.9 Å². The van der Waals surface area contributed by atoms with Crippen LogP contribution in [0.15, 0.2) is 244 Å². The number of halogens is 1. The number of nitrogens with zero attached hydrogens (tertiary/aromatic N) is 3. The van der Waals surface area contributed by atoms with Crippen molar-refractivity contribution in [3.05, 3.63) is 284 Å². The second-order valence-electron chi connectivity index (χ2n) is 25.4. The highest BCUT2D eigenvalue weighted by atomic mass is 35.5. The van der Waals surface area contributed by atoms with Crippen LogP contribution in [-0.4, -0.2) is 68.2 Å². The Kier molecular flexibility index (Phi) is 20.5. The molecule has 0 radical (unpaired) electrons. The Morgan fingerprint density at radius 2 is 0.699 bits per heavy atom. The third-order valence-electron chi connectivity index (χ3n) is 17.5. The first-order valence-corrected chi connectivity index (χ1v) is 42.2. The van der Waals surface area contributed by atoms with E-state index < -0.39 is 39.3 Å². The van der Waals surface area contributed by atoms with Gasteiger partial charge < -0.3 is 42.3 Å². The van der Waals surface area contributed by atoms with E-state index in [0.717, 1.165) is 120 Å². The minimum absolute atomic E-state index is 0.164. The summed E-state index contributed by atoms with van der Waals surface area (Å²) in [6.45, 7) is 11.1. The number of pyridine rings is 3. The predicted octanol–water partition coefficient (Wildman–Crippen LogP) is 21.8. The van der Waals surface area contributed by atoms with Crippen LogP contribution in [0.4, 0.5) is 0 Å². The number of aromatic carboxylic acids is 3. The molecular formula is C81H65ClN3O12P3S3. The van der Waals surface area contributed by atoms with E-state index in [-0.39, 0.29) is 33.1 Å². The lowest BCUT2D eigenvalue weighted by Crippen LogP contribution is -2.11. The summed E-state index contributed by atoms with van der Waals surface area (Å²) in [6.07, 6.45) is 5.76. The van der Waals surface area contributed by atoms with Crippen molar-refractivity contribution >= 4 is 134 Å². The van der Waals surface area contributed by atoms with Gasteiger partial charge in [-0.3, -0.25) is 15.0 Å². The number of hydrogen-bond donors (Lipinski definition) is 3. The maximum Gasteiger partial charge on any atom is 0.346 e. The molecule has 15 aromatic rings. The fourth-order valence-corrected chi connectivity index (χ4v) is 21.8. The SMILES string of the molecule is CP(=O)(Cc1cc(-c2ccc(-c3cc4ncccc4o3)cc2)sc1C(=O)O)c1ccc(Cl)cc1.Cc1ccc(P(C)(=O)Cc2cc(-c3ccc(-c4cc5ncccc5o4)cc3)sc2C(=O)O)c(C)c1.Cc1ccc(P(C)(=O)Cc2cc(-c3ccc(-c4cc5ncccc5o4)cc3)sc2C(=O)O)cc1. The Morgan fingerprint density at radius 3 is 1.02 bits per heavy atom. The Morgan fingerprint density at radius 1 is 0.388 bits per heavy atom. The molecule has 0 amide bonds. The molecule has 0 aliphatic rings. The Bertz CT molecular complexity index is 5520. The van der Waals surface area contributed by atoms with Gasteiger partial charge in [-0.2, -0.15) is 0 Å². The second-order valence-corrected chi connectivity index (χ2v) is 38.1. The Balaban J connectivity index is 0.000000138. The summed E-state index contributed by atoms with van der Waals surface area (Å²) in [5.41, 5.74) is 14.9. The van der Waals surface area contributed by atoms with Crippen LogP contribution >= 0.6 is 67.0 Å². The number of fused-ring (bicyclic) bond motifs is 3. The van der Waals surface area contributed by atoms with E-state index in [9.17, 15) is 43.4 Å². The number of aryl methyl sites for hydroxylation is 3. The monoisotopic (exact) mass is 1500 g/mol. The molecule has 22 heteroatoms. The fourth-order valence-electron chi connectivity index (χ4n) is 12.2. The van der Waals surface area contributed by atoms with Crippen molar-refractivity contribution in [3.63, 3.8) is 0 Å². The molecule has 9 aromatic heterocycles. The molecule has 3 N–H and O–H groups in total. The van der Waals surface area contributed by atoms with E-state index in [4.69, 9.17) is 24.9 Å². The van der Waals surface area contributed by atoms with E-state index in [0.29, 0.717) is 32.8 Å². The quantitative estimate of drug-likeness (QED) is 0.0677. The van der Waals surface area contributed by atoms with Gasteiger partial charge in [0.15, 0.2) is 16.7 Å². The molecule has 516 valence electrons. The number of furan rings is 3. The molecule has 3 unspecified atom stereocenters. The summed E-state index contributed by atoms with van der Waals surface area (Å²) in [5, 5.41) is 32.2. The lowest BCUT2D eigenvalue weighted by molar-refractivity contribution is 0.0690. The van der Waals surface area contributed by atoms with Gasteiger partial charge in [0.2, 0.25) is 0 Å². The summed E-state index contributed by atoms with van der Waals surface area (Å²) in [7, 11) is -8.40. The summed E-state index contributed by atoms with van der Waals surface area (Å²) in [6, 6.07) is 66.1. The van der Waals surface area contributed by atoms with E-state index >= 15 is 0 Å². The molecule has 6 aromatic carbocycles. The zero-order valence-corrected chi connectivity index (χ0v) is 62.3. The van der Waals surface area contributed by atoms with Crippen LogP contribution in [0, 0.1) is 20.8 Å². The van der Waals surface area contributed by atoms with E-state index in [1.54, 1.807) is 62.9 Å². The van der Waals surface area contributed by atoms with E-state index in [1.807, 2.05) is 209 Å². The zero-order valence-electron chi connectivity index (χ0n) is 56.4. The lowest BCUT2D eigenvalue weighted by atomic mass is 10.1. The number of aromatic nitrogens is 3. The van der Waals surface area contributed by atoms with Gasteiger partial charge in [-0.25, -0.2) is 14.4 Å². The fraction of sp³-hybridized carbons (Fsp3) is 0.111. The molecule has 0 aliphatic heterocycles. The molecule has 9 heterocycles. The van der Waals surface area contributed by atoms with Crippen LogP contribution < -0.4 is 15.9 Å². The van der Waals surface area contributed by atoms with Crippen molar-refractivity contribution in [2.75, 3.05) is 20.0 Å². The first-order valence-electron chi connectivity index (χ1n) is 32.4. The smallest absolute Gasteiger partial charge is 0.346 e. The largest absolute Gasteiger partial charge is 0.477 e. The van der Waals surface area contributed by atoms with Crippen LogP contribution in [-0.2, 0) is 32.2 Å². The van der Waals surface area contributed by atoms with E-state index in [2.05, 4.69) is 15.0 Å². The molecule has 103 heavy (non-hydrogen) atoms. The van der Waals surface area contributed by atoms with Crippen molar-refractivity contribution in [3.8, 4) is 65.3 Å². The van der Waals surface area contributed by atoms with Crippen LogP contribution in [0.25, 0.3) is 98.6 Å². The van der Waals surface area contributed by atoms with Gasteiger partial charge in [-0.05, 0) is 146 Å². The molecule has 0 fully saturated rings. The summed E-state index contributed by atoms with van der Waals surface area (Å²) >= 11 is 9.57. The summed E-state index contributed by atoms with van der Waals surface area (Å²) < 4.78 is 58.3. The number of carboxylic acid groups (broad SMARTS) is 3. The topological polar surface area (TPSA) is 241 Å². The standard InChI is InChI=1S/C28H24NO4PS.C27H22NO4PS.C26H19ClNO4PS/c1-17-6-11-25(18(2)13-17)34(3,32)16-21-14-26(35-27(21)28(30)31)20-9-7-19(8-10-20)24-15-22-23(33-24)5-4-12-29-22;1-17-5-11-21(12-6-17)33(2,31)16-20-14-25(34-26(20)27(29)30)19-9-7-18(8-10-19)24-15-22-23(32-24)4-3-13-28-22;1-33(31,20-10-8-19(27)9-11-20)15-18-13-24(34-25(18)26(29)30)17-6-4-16(5-7-17)23-14-21-22(32-23)3-2-12-28-21/h4-15H,16H2,1-3H3,(H,30,31);3-15H,16H2,1-2H3,(H,29,30);2-14H,15H2,1H3,(H,29,30). The van der Waals surface area contributed by atoms with Gasteiger partial charge in [0.05, 0.1) is 0 Å². The van der Waals surface area contributed by atoms with Crippen molar-refractivity contribution in [1.82, 2.24) is 15.0 Å². The maximum atomic E-state index is 13.7. The van der Waals surface area contributed by atoms with Crippen molar-refractivity contribution in [2.45, 2.75) is 39.3 Å². The minimum Gasteiger partial charge on any atom is -0.477 e. The van der Waals surface area contributed by atoms with E-state index in [1.165, 1.54) is 34.0 Å². The van der Waals surface area contributed by atoms with Gasteiger partial charge in [0.25, 0.3) is 0 Å². The van der Waals surface area contributed by atoms with Crippen molar-refractivity contribution in [1.29, 1.82) is 0 Å². The van der Waals surface area contributed by atoms with Crippen molar-refractivity contribution in [2.24, 2.45) is 0 Å². The molecule has 15 rings (SSSR count). The molecule has 0 spiro atoms. The first-order chi connectivity index (χ1) is 49.3. The highest BCUT2D eigenvalue weighted by Crippen LogP contribution is 2.51. The average molecular weight is 1500 g/mol. The molecule has 3 atom stereocenters. The number of hydrogen-bond acceptors (Lipinski definition) is 15. The molecular weight excluding hydrogens is 1430 g/mol. The lowest BCUT2D eigenvalue weighted by Gasteiger charge is -2.16. The van der Waals surface area contributed by atoms with Gasteiger partial charge in [-0.1, -0.05) is 150 Å². The van der Waals surface area contributed by atoms with Crippen LogP contribution in [0.3, 0.4) is 0 Å². The molecule has 0 bridgehead atoms. The van der Waals surface area contributed by atoms with Crippen LogP contribution in [0.5, 0.6) is 0 Å². The minimum atomic E-state index is -2.83. The number of carboxylic acids is 3. The highest BCUT2D eigenvalue weighted by molar-refractivity contribution is 7.71. The average Bonchev–Trinajstić information content (AvgIpc) is 1.70.